The van der Waals surface area contributed by atoms with Crippen LogP contribution >= 0.6 is 0 Å². The molecule has 0 aromatic heterocycles. The predicted octanol–water partition coefficient (Wildman–Crippen LogP) is 2.43. The molecule has 3 nitrogen and oxygen atoms in total. The molecule has 2 rings (SSSR count). The summed E-state index contributed by atoms with van der Waals surface area (Å²) < 4.78 is 56.8. The van der Waals surface area contributed by atoms with Gasteiger partial charge >= 0.3 is 6.18 Å². The van der Waals surface area contributed by atoms with Crippen LogP contribution < -0.4 is 4.90 Å². The largest absolute Gasteiger partial charge is 0.416 e. The maximum Gasteiger partial charge on any atom is 0.416 e. The van der Waals surface area contributed by atoms with Crippen LogP contribution in [0.5, 0.6) is 0 Å². The molecule has 1 aliphatic heterocycles. The standard InChI is InChI=1S/C13H15F4NO2/c1-8-5-18(6-10(7-19)20-8)12-3-2-9(4-11(12)14)13(15,16)17/h2-4,8,10,19H,5-7H2,1H3. The van der Waals surface area contributed by atoms with Gasteiger partial charge in [0.05, 0.1) is 30.1 Å². The molecule has 1 aromatic rings. The number of halogens is 4. The quantitative estimate of drug-likeness (QED) is 0.850. The maximum atomic E-state index is 13.9. The Morgan fingerprint density at radius 2 is 2.05 bits per heavy atom. The number of hydrogen-bond donors (Lipinski definition) is 1. The van der Waals surface area contributed by atoms with E-state index in [2.05, 4.69) is 0 Å². The number of aliphatic hydroxyl groups is 1. The van der Waals surface area contributed by atoms with E-state index in [-0.39, 0.29) is 24.9 Å². The van der Waals surface area contributed by atoms with E-state index >= 15 is 0 Å². The average molecular weight is 293 g/mol. The molecule has 7 heteroatoms. The summed E-state index contributed by atoms with van der Waals surface area (Å²) in [5.74, 6) is -0.925. The first kappa shape index (κ1) is 15.1. The van der Waals surface area contributed by atoms with Crippen LogP contribution in [0.1, 0.15) is 12.5 Å². The maximum absolute atomic E-state index is 13.9. The highest BCUT2D eigenvalue weighted by molar-refractivity contribution is 5.50. The van der Waals surface area contributed by atoms with E-state index in [1.54, 1.807) is 11.8 Å². The highest BCUT2D eigenvalue weighted by Crippen LogP contribution is 2.33. The van der Waals surface area contributed by atoms with Crippen LogP contribution in [-0.4, -0.2) is 37.0 Å². The first-order valence-electron chi connectivity index (χ1n) is 6.19. The number of alkyl halides is 3. The molecule has 1 aromatic carbocycles. The van der Waals surface area contributed by atoms with Crippen LogP contribution in [-0.2, 0) is 10.9 Å². The van der Waals surface area contributed by atoms with Crippen LogP contribution in [0.2, 0.25) is 0 Å². The summed E-state index contributed by atoms with van der Waals surface area (Å²) in [6.45, 7) is 2.14. The molecule has 0 amide bonds. The van der Waals surface area contributed by atoms with Crippen molar-refractivity contribution in [1.82, 2.24) is 0 Å². The van der Waals surface area contributed by atoms with Gasteiger partial charge < -0.3 is 14.7 Å². The van der Waals surface area contributed by atoms with E-state index in [1.165, 1.54) is 0 Å². The Balaban J connectivity index is 2.24. The zero-order valence-electron chi connectivity index (χ0n) is 10.8. The molecular weight excluding hydrogens is 278 g/mol. The summed E-state index contributed by atoms with van der Waals surface area (Å²) in [5, 5.41) is 9.10. The summed E-state index contributed by atoms with van der Waals surface area (Å²) in [6.07, 6.45) is -5.27. The van der Waals surface area contributed by atoms with E-state index in [9.17, 15) is 17.6 Å². The Morgan fingerprint density at radius 1 is 1.35 bits per heavy atom. The van der Waals surface area contributed by atoms with Gasteiger partial charge in [-0.2, -0.15) is 13.2 Å². The van der Waals surface area contributed by atoms with E-state index in [1.807, 2.05) is 0 Å². The lowest BCUT2D eigenvalue weighted by molar-refractivity contribution is -0.137. The third-order valence-electron chi connectivity index (χ3n) is 3.15. The fourth-order valence-corrected chi connectivity index (χ4v) is 2.28. The second-order valence-corrected chi connectivity index (χ2v) is 4.82. The number of aliphatic hydroxyl groups excluding tert-OH is 1. The van der Waals surface area contributed by atoms with Gasteiger partial charge in [-0.3, -0.25) is 0 Å². The SMILES string of the molecule is CC1CN(c2ccc(C(F)(F)F)cc2F)CC(CO)O1. The molecule has 1 N–H and O–H groups in total. The van der Waals surface area contributed by atoms with Crippen molar-refractivity contribution in [3.05, 3.63) is 29.6 Å². The lowest BCUT2D eigenvalue weighted by Crippen LogP contribution is -2.48. The normalized spacial score (nSPS) is 24.0. The summed E-state index contributed by atoms with van der Waals surface area (Å²) >= 11 is 0. The summed E-state index contributed by atoms with van der Waals surface area (Å²) in [4.78, 5) is 1.59. The Hall–Kier alpha value is -1.34. The van der Waals surface area contributed by atoms with E-state index in [0.29, 0.717) is 12.6 Å². The van der Waals surface area contributed by atoms with Gasteiger partial charge in [0.25, 0.3) is 0 Å². The summed E-state index contributed by atoms with van der Waals surface area (Å²) in [6, 6.07) is 2.46. The first-order valence-corrected chi connectivity index (χ1v) is 6.19. The number of rotatable bonds is 2. The fraction of sp³-hybridized carbons (Fsp3) is 0.538. The first-order chi connectivity index (χ1) is 9.31. The topological polar surface area (TPSA) is 32.7 Å². The Labute approximate surface area is 113 Å². The molecule has 1 saturated heterocycles. The molecule has 1 fully saturated rings. The number of ether oxygens (including phenoxy) is 1. The van der Waals surface area contributed by atoms with Crippen LogP contribution in [0.4, 0.5) is 23.2 Å². The molecule has 2 atom stereocenters. The number of anilines is 1. The molecule has 1 aliphatic rings. The molecule has 0 aliphatic carbocycles. The van der Waals surface area contributed by atoms with Crippen molar-refractivity contribution >= 4 is 5.69 Å². The van der Waals surface area contributed by atoms with Crippen LogP contribution in [0, 0.1) is 5.82 Å². The van der Waals surface area contributed by atoms with Crippen molar-refractivity contribution in [2.75, 3.05) is 24.6 Å². The van der Waals surface area contributed by atoms with Crippen molar-refractivity contribution in [2.45, 2.75) is 25.3 Å². The average Bonchev–Trinajstić information content (AvgIpc) is 2.36. The van der Waals surface area contributed by atoms with E-state index in [4.69, 9.17) is 9.84 Å². The third kappa shape index (κ3) is 3.21. The minimum atomic E-state index is -4.56. The number of benzene rings is 1. The third-order valence-corrected chi connectivity index (χ3v) is 3.15. The lowest BCUT2D eigenvalue weighted by atomic mass is 10.1. The number of morpholine rings is 1. The molecule has 0 spiro atoms. The second kappa shape index (κ2) is 5.57. The Bertz CT molecular complexity index is 478. The molecule has 1 heterocycles. The molecular formula is C13H15F4NO2. The van der Waals surface area contributed by atoms with Gasteiger partial charge in [0.2, 0.25) is 0 Å². The highest BCUT2D eigenvalue weighted by Gasteiger charge is 2.32. The van der Waals surface area contributed by atoms with Gasteiger partial charge in [0, 0.05) is 13.1 Å². The Kier molecular flexibility index (Phi) is 4.19. The molecule has 0 saturated carbocycles. The minimum Gasteiger partial charge on any atom is -0.394 e. The molecule has 112 valence electrons. The van der Waals surface area contributed by atoms with Crippen molar-refractivity contribution in [3.8, 4) is 0 Å². The molecule has 0 bridgehead atoms. The van der Waals surface area contributed by atoms with Crippen molar-refractivity contribution in [1.29, 1.82) is 0 Å². The molecule has 0 radical (unpaired) electrons. The predicted molar refractivity (Wildman–Crippen MR) is 65.0 cm³/mol. The van der Waals surface area contributed by atoms with Crippen molar-refractivity contribution in [2.24, 2.45) is 0 Å². The van der Waals surface area contributed by atoms with Crippen molar-refractivity contribution in [3.63, 3.8) is 0 Å². The number of hydrogen-bond acceptors (Lipinski definition) is 3. The highest BCUT2D eigenvalue weighted by atomic mass is 19.4. The van der Waals surface area contributed by atoms with Crippen LogP contribution in [0.15, 0.2) is 18.2 Å². The zero-order valence-corrected chi connectivity index (χ0v) is 10.8. The van der Waals surface area contributed by atoms with Crippen LogP contribution in [0.25, 0.3) is 0 Å². The molecule has 20 heavy (non-hydrogen) atoms. The minimum absolute atomic E-state index is 0.0894. The number of nitrogens with zero attached hydrogens (tertiary/aromatic N) is 1. The van der Waals surface area contributed by atoms with Gasteiger partial charge in [0.15, 0.2) is 0 Å². The fourth-order valence-electron chi connectivity index (χ4n) is 2.28. The van der Waals surface area contributed by atoms with Crippen LogP contribution in [0.3, 0.4) is 0 Å². The zero-order chi connectivity index (χ0) is 14.9. The van der Waals surface area contributed by atoms with Gasteiger partial charge in [-0.15, -0.1) is 0 Å². The van der Waals surface area contributed by atoms with Gasteiger partial charge in [0.1, 0.15) is 5.82 Å². The van der Waals surface area contributed by atoms with E-state index < -0.39 is 23.7 Å². The smallest absolute Gasteiger partial charge is 0.394 e. The summed E-state index contributed by atoms with van der Waals surface area (Å²) in [5.41, 5.74) is -0.926. The summed E-state index contributed by atoms with van der Waals surface area (Å²) in [7, 11) is 0. The second-order valence-electron chi connectivity index (χ2n) is 4.82. The lowest BCUT2D eigenvalue weighted by Gasteiger charge is -2.37. The van der Waals surface area contributed by atoms with Gasteiger partial charge in [-0.05, 0) is 25.1 Å². The Morgan fingerprint density at radius 3 is 2.60 bits per heavy atom. The molecule has 2 unspecified atom stereocenters. The monoisotopic (exact) mass is 293 g/mol. The van der Waals surface area contributed by atoms with Crippen molar-refractivity contribution < 1.29 is 27.4 Å². The van der Waals surface area contributed by atoms with Gasteiger partial charge in [-0.25, -0.2) is 4.39 Å². The van der Waals surface area contributed by atoms with E-state index in [0.717, 1.165) is 12.1 Å². The van der Waals surface area contributed by atoms with Gasteiger partial charge in [-0.1, -0.05) is 0 Å².